The molecule has 1 amide bonds. The first kappa shape index (κ1) is 27.9. The van der Waals surface area contributed by atoms with Crippen LogP contribution in [0.15, 0.2) is 109 Å². The molecule has 0 aliphatic heterocycles. The molecule has 0 aromatic heterocycles. The summed E-state index contributed by atoms with van der Waals surface area (Å²) in [5.41, 5.74) is 1.23. The summed E-state index contributed by atoms with van der Waals surface area (Å²) in [6.45, 7) is 0.0255. The molecule has 7 nitrogen and oxygen atoms in total. The minimum atomic E-state index is -0.939. The second kappa shape index (κ2) is 13.1. The molecule has 0 radical (unpaired) electrons. The summed E-state index contributed by atoms with van der Waals surface area (Å²) in [7, 11) is 0. The van der Waals surface area contributed by atoms with Crippen LogP contribution in [0.3, 0.4) is 0 Å². The van der Waals surface area contributed by atoms with E-state index in [1.54, 1.807) is 30.3 Å². The molecule has 2 N–H and O–H groups in total. The Morgan fingerprint density at radius 1 is 0.780 bits per heavy atom. The molecule has 5 aromatic carbocycles. The van der Waals surface area contributed by atoms with Gasteiger partial charge in [0.1, 0.15) is 17.6 Å². The molecule has 5 rings (SSSR count). The van der Waals surface area contributed by atoms with Crippen LogP contribution in [-0.4, -0.2) is 35.6 Å². The largest absolute Gasteiger partial charge is 0.507 e. The third-order valence-corrected chi connectivity index (χ3v) is 6.92. The van der Waals surface area contributed by atoms with Gasteiger partial charge in [0, 0.05) is 22.8 Å². The van der Waals surface area contributed by atoms with E-state index in [9.17, 15) is 14.7 Å². The lowest BCUT2D eigenvalue weighted by Gasteiger charge is -2.29. The lowest BCUT2D eigenvalue weighted by molar-refractivity contribution is -0.141. The highest BCUT2D eigenvalue weighted by Crippen LogP contribution is 2.36. The predicted molar refractivity (Wildman–Crippen MR) is 163 cm³/mol. The number of benzene rings is 5. The fraction of sp³-hybridized carbons (Fsp3) is 0.152. The van der Waals surface area contributed by atoms with Crippen LogP contribution in [0.4, 0.5) is 10.5 Å². The summed E-state index contributed by atoms with van der Waals surface area (Å²) in [5.74, 6) is 0.143. The molecule has 41 heavy (non-hydrogen) atoms. The molecule has 2 atom stereocenters. The number of esters is 1. The smallest absolute Gasteiger partial charge is 0.412 e. The number of phenols is 1. The maximum Gasteiger partial charge on any atom is 0.412 e. The minimum absolute atomic E-state index is 0.0255. The molecule has 208 valence electrons. The highest BCUT2D eigenvalue weighted by Gasteiger charge is 2.31. The van der Waals surface area contributed by atoms with Crippen LogP contribution in [0, 0.1) is 0 Å². The van der Waals surface area contributed by atoms with E-state index in [2.05, 4.69) is 17.9 Å². The van der Waals surface area contributed by atoms with Crippen molar-refractivity contribution in [2.75, 3.05) is 17.7 Å². The van der Waals surface area contributed by atoms with Crippen molar-refractivity contribution in [3.05, 3.63) is 115 Å². The van der Waals surface area contributed by atoms with Crippen molar-refractivity contribution in [3.63, 3.8) is 0 Å². The van der Waals surface area contributed by atoms with E-state index in [-0.39, 0.29) is 24.5 Å². The number of nitrogens with one attached hydrogen (secondary N) is 1. The average molecular weight is 568 g/mol. The van der Waals surface area contributed by atoms with Gasteiger partial charge in [0.05, 0.1) is 18.0 Å². The van der Waals surface area contributed by atoms with Crippen LogP contribution in [0.2, 0.25) is 0 Å². The first-order valence-electron chi connectivity index (χ1n) is 13.2. The van der Waals surface area contributed by atoms with Crippen molar-refractivity contribution in [2.24, 2.45) is 0 Å². The Labute approximate surface area is 243 Å². The molecule has 0 aliphatic rings. The van der Waals surface area contributed by atoms with Gasteiger partial charge in [-0.15, -0.1) is 0 Å². The van der Waals surface area contributed by atoms with E-state index in [0.29, 0.717) is 27.8 Å². The second-order valence-electron chi connectivity index (χ2n) is 9.33. The molecule has 0 aliphatic carbocycles. The molecule has 8 heteroatoms. The summed E-state index contributed by atoms with van der Waals surface area (Å²) in [6, 6.07) is 33.1. The van der Waals surface area contributed by atoms with E-state index < -0.39 is 24.3 Å². The van der Waals surface area contributed by atoms with E-state index in [1.165, 1.54) is 0 Å². The number of anilines is 1. The summed E-state index contributed by atoms with van der Waals surface area (Å²) in [6.07, 6.45) is -2.16. The molecule has 0 unspecified atom stereocenters. The Balaban J connectivity index is 1.53. The Kier molecular flexibility index (Phi) is 8.91. The van der Waals surface area contributed by atoms with Gasteiger partial charge >= 0.3 is 12.1 Å². The topological polar surface area (TPSA) is 94.1 Å². The fourth-order valence-electron chi connectivity index (χ4n) is 4.76. The van der Waals surface area contributed by atoms with E-state index in [0.717, 1.165) is 10.8 Å². The van der Waals surface area contributed by atoms with Gasteiger partial charge in [0.2, 0.25) is 0 Å². The molecular formula is C33H29NO6S. The Morgan fingerprint density at radius 3 is 2.24 bits per heavy atom. The number of ether oxygens (including phenoxy) is 3. The van der Waals surface area contributed by atoms with Crippen molar-refractivity contribution in [2.45, 2.75) is 18.6 Å². The van der Waals surface area contributed by atoms with Crippen LogP contribution in [0.1, 0.15) is 18.1 Å². The second-order valence-corrected chi connectivity index (χ2v) is 9.65. The lowest BCUT2D eigenvalue weighted by atomic mass is 9.95. The average Bonchev–Trinajstić information content (AvgIpc) is 3.00. The zero-order valence-electron chi connectivity index (χ0n) is 22.1. The molecule has 0 saturated heterocycles. The van der Waals surface area contributed by atoms with Crippen LogP contribution in [-0.2, 0) is 14.3 Å². The molecule has 0 fully saturated rings. The molecule has 0 heterocycles. The standard InChI is InChI=1S/C33H29NO6S/c35-29-18-17-27(25-14-6-7-15-26(25)29)32(30(19-20-38-31(36)21-41)39-23-11-2-1-3-12-23)40-33(37)34-28-16-8-10-22-9-4-5-13-24(22)28/h1-18,30,32,35,41H,19-21H2,(H,34,37)/t30-,32-/m1/s1. The quantitative estimate of drug-likeness (QED) is 0.121. The summed E-state index contributed by atoms with van der Waals surface area (Å²) in [5, 5.41) is 16.6. The number of carbonyl (C=O) groups excluding carboxylic acids is 2. The predicted octanol–water partition coefficient (Wildman–Crippen LogP) is 7.30. The van der Waals surface area contributed by atoms with Crippen LogP contribution in [0.5, 0.6) is 11.5 Å². The molecule has 0 spiro atoms. The van der Waals surface area contributed by atoms with Gasteiger partial charge in [0.15, 0.2) is 6.10 Å². The molecular weight excluding hydrogens is 538 g/mol. The van der Waals surface area contributed by atoms with Crippen molar-refractivity contribution >= 4 is 51.9 Å². The van der Waals surface area contributed by atoms with Gasteiger partial charge in [-0.1, -0.05) is 84.9 Å². The molecule has 5 aromatic rings. The van der Waals surface area contributed by atoms with Crippen molar-refractivity contribution < 1.29 is 28.9 Å². The Hall–Kier alpha value is -4.69. The maximum atomic E-state index is 13.5. The van der Waals surface area contributed by atoms with Gasteiger partial charge in [-0.25, -0.2) is 4.79 Å². The third kappa shape index (κ3) is 6.73. The Bertz CT molecular complexity index is 1650. The third-order valence-electron chi connectivity index (χ3n) is 6.66. The number of aromatic hydroxyl groups is 1. The Morgan fingerprint density at radius 2 is 1.46 bits per heavy atom. The number of hydrogen-bond donors (Lipinski definition) is 3. The van der Waals surface area contributed by atoms with Gasteiger partial charge in [-0.2, -0.15) is 12.6 Å². The number of phenolic OH excluding ortho intramolecular Hbond substituents is 1. The van der Waals surface area contributed by atoms with Gasteiger partial charge in [-0.05, 0) is 35.0 Å². The highest BCUT2D eigenvalue weighted by molar-refractivity contribution is 7.81. The first-order chi connectivity index (χ1) is 20.0. The van der Waals surface area contributed by atoms with E-state index in [4.69, 9.17) is 14.2 Å². The van der Waals surface area contributed by atoms with Crippen LogP contribution in [0.25, 0.3) is 21.5 Å². The van der Waals surface area contributed by atoms with Crippen LogP contribution < -0.4 is 10.1 Å². The van der Waals surface area contributed by atoms with Gasteiger partial charge < -0.3 is 19.3 Å². The summed E-state index contributed by atoms with van der Waals surface area (Å²) in [4.78, 5) is 25.3. The number of thiol groups is 1. The maximum absolute atomic E-state index is 13.5. The van der Waals surface area contributed by atoms with Crippen molar-refractivity contribution in [1.82, 2.24) is 0 Å². The van der Waals surface area contributed by atoms with Gasteiger partial charge in [-0.3, -0.25) is 10.1 Å². The number of rotatable bonds is 10. The highest BCUT2D eigenvalue weighted by atomic mass is 32.1. The minimum Gasteiger partial charge on any atom is -0.507 e. The van der Waals surface area contributed by atoms with Crippen molar-refractivity contribution in [1.29, 1.82) is 0 Å². The van der Waals surface area contributed by atoms with E-state index >= 15 is 0 Å². The number of para-hydroxylation sites is 1. The number of fused-ring (bicyclic) bond motifs is 2. The molecule has 0 bridgehead atoms. The number of carbonyl (C=O) groups is 2. The van der Waals surface area contributed by atoms with Crippen molar-refractivity contribution in [3.8, 4) is 11.5 Å². The van der Waals surface area contributed by atoms with Gasteiger partial charge in [0.25, 0.3) is 0 Å². The van der Waals surface area contributed by atoms with Crippen LogP contribution >= 0.6 is 12.6 Å². The first-order valence-corrected chi connectivity index (χ1v) is 13.8. The summed E-state index contributed by atoms with van der Waals surface area (Å²) >= 11 is 3.98. The monoisotopic (exact) mass is 567 g/mol. The normalized spacial score (nSPS) is 12.4. The summed E-state index contributed by atoms with van der Waals surface area (Å²) < 4.78 is 17.8. The zero-order valence-corrected chi connectivity index (χ0v) is 23.0. The fourth-order valence-corrected chi connectivity index (χ4v) is 4.86. The zero-order chi connectivity index (χ0) is 28.6. The molecule has 0 saturated carbocycles. The number of hydrogen-bond acceptors (Lipinski definition) is 7. The number of amides is 1. The lowest BCUT2D eigenvalue weighted by Crippen LogP contribution is -2.32. The van der Waals surface area contributed by atoms with E-state index in [1.807, 2.05) is 78.9 Å². The SMILES string of the molecule is O=C(CS)OCC[C@@H](Oc1ccccc1)[C@H](OC(=O)Nc1cccc2ccccc12)c1ccc(O)c2ccccc12.